The molecule has 1 atom stereocenters. The first-order chi connectivity index (χ1) is 7.97. The van der Waals surface area contributed by atoms with Crippen LogP contribution in [-0.2, 0) is 4.79 Å². The third-order valence-corrected chi connectivity index (χ3v) is 3.95. The monoisotopic (exact) mass is 240 g/mol. The van der Waals surface area contributed by atoms with Crippen molar-refractivity contribution in [1.82, 2.24) is 5.32 Å². The fraction of sp³-hybridized carbons (Fsp3) is 0.929. The molecular formula is C14H28N2O. The van der Waals surface area contributed by atoms with Crippen molar-refractivity contribution < 1.29 is 4.79 Å². The first-order valence-corrected chi connectivity index (χ1v) is 7.05. The summed E-state index contributed by atoms with van der Waals surface area (Å²) >= 11 is 0. The zero-order chi connectivity index (χ0) is 12.9. The number of carbonyl (C=O) groups is 1. The summed E-state index contributed by atoms with van der Waals surface area (Å²) in [5.41, 5.74) is 6.05. The highest BCUT2D eigenvalue weighted by molar-refractivity contribution is 5.77. The van der Waals surface area contributed by atoms with Gasteiger partial charge in [0.2, 0.25) is 5.91 Å². The van der Waals surface area contributed by atoms with Gasteiger partial charge in [-0.1, -0.05) is 40.0 Å². The van der Waals surface area contributed by atoms with Crippen LogP contribution in [0.4, 0.5) is 0 Å². The van der Waals surface area contributed by atoms with Crippen LogP contribution in [0.5, 0.6) is 0 Å². The summed E-state index contributed by atoms with van der Waals surface area (Å²) in [4.78, 5) is 12.0. The van der Waals surface area contributed by atoms with E-state index in [0.717, 1.165) is 19.3 Å². The van der Waals surface area contributed by atoms with Crippen molar-refractivity contribution in [1.29, 1.82) is 0 Å². The van der Waals surface area contributed by atoms with E-state index in [1.54, 1.807) is 0 Å². The van der Waals surface area contributed by atoms with E-state index in [-0.39, 0.29) is 17.5 Å². The number of amides is 1. The van der Waals surface area contributed by atoms with Gasteiger partial charge in [0, 0.05) is 18.0 Å². The van der Waals surface area contributed by atoms with Gasteiger partial charge in [0.1, 0.15) is 0 Å². The SMILES string of the molecule is CCC(NC(=O)CC1(N)CCCCC1)C(C)C. The van der Waals surface area contributed by atoms with Crippen LogP contribution in [0.25, 0.3) is 0 Å². The van der Waals surface area contributed by atoms with Crippen molar-refractivity contribution in [2.24, 2.45) is 11.7 Å². The van der Waals surface area contributed by atoms with Gasteiger partial charge in [0.15, 0.2) is 0 Å². The Morgan fingerprint density at radius 2 is 1.88 bits per heavy atom. The summed E-state index contributed by atoms with van der Waals surface area (Å²) in [6.45, 7) is 6.41. The smallest absolute Gasteiger partial charge is 0.222 e. The standard InChI is InChI=1S/C14H28N2O/c1-4-12(11(2)3)16-13(17)10-14(15)8-6-5-7-9-14/h11-12H,4-10,15H2,1-3H3,(H,16,17). The number of nitrogens with two attached hydrogens (primary N) is 1. The minimum Gasteiger partial charge on any atom is -0.353 e. The average molecular weight is 240 g/mol. The fourth-order valence-corrected chi connectivity index (χ4v) is 2.75. The molecule has 0 aromatic carbocycles. The van der Waals surface area contributed by atoms with Crippen molar-refractivity contribution in [3.05, 3.63) is 0 Å². The van der Waals surface area contributed by atoms with Crippen LogP contribution in [0, 0.1) is 5.92 Å². The molecule has 3 heteroatoms. The predicted octanol–water partition coefficient (Wildman–Crippen LogP) is 2.59. The maximum atomic E-state index is 12.0. The lowest BCUT2D eigenvalue weighted by Gasteiger charge is -2.33. The Bertz CT molecular complexity index is 245. The number of hydrogen-bond donors (Lipinski definition) is 2. The first kappa shape index (κ1) is 14.5. The van der Waals surface area contributed by atoms with Crippen LogP contribution >= 0.6 is 0 Å². The zero-order valence-electron chi connectivity index (χ0n) is 11.6. The minimum atomic E-state index is -0.238. The quantitative estimate of drug-likeness (QED) is 0.776. The Morgan fingerprint density at radius 3 is 2.35 bits per heavy atom. The molecule has 0 heterocycles. The van der Waals surface area contributed by atoms with Gasteiger partial charge in [0.25, 0.3) is 0 Å². The summed E-state index contributed by atoms with van der Waals surface area (Å²) in [6, 6.07) is 0.287. The molecule has 0 aliphatic heterocycles. The van der Waals surface area contributed by atoms with Gasteiger partial charge in [-0.15, -0.1) is 0 Å². The molecule has 1 amide bonds. The number of rotatable bonds is 5. The summed E-state index contributed by atoms with van der Waals surface area (Å²) < 4.78 is 0. The molecule has 100 valence electrons. The van der Waals surface area contributed by atoms with Gasteiger partial charge in [-0.3, -0.25) is 4.79 Å². The largest absolute Gasteiger partial charge is 0.353 e. The average Bonchev–Trinajstić information content (AvgIpc) is 2.25. The normalized spacial score (nSPS) is 21.2. The highest BCUT2D eigenvalue weighted by atomic mass is 16.1. The van der Waals surface area contributed by atoms with Gasteiger partial charge in [-0.05, 0) is 25.2 Å². The van der Waals surface area contributed by atoms with E-state index in [0.29, 0.717) is 12.3 Å². The van der Waals surface area contributed by atoms with Crippen LogP contribution in [-0.4, -0.2) is 17.5 Å². The molecule has 1 rings (SSSR count). The van der Waals surface area contributed by atoms with E-state index in [9.17, 15) is 4.79 Å². The Kier molecular flexibility index (Phi) is 5.44. The number of nitrogens with one attached hydrogen (secondary N) is 1. The van der Waals surface area contributed by atoms with Crippen LogP contribution in [0.15, 0.2) is 0 Å². The third-order valence-electron chi connectivity index (χ3n) is 3.95. The molecule has 0 spiro atoms. The van der Waals surface area contributed by atoms with Crippen LogP contribution < -0.4 is 11.1 Å². The Labute approximate surface area is 106 Å². The maximum absolute atomic E-state index is 12.0. The molecule has 1 saturated carbocycles. The van der Waals surface area contributed by atoms with Gasteiger partial charge >= 0.3 is 0 Å². The summed E-state index contributed by atoms with van der Waals surface area (Å²) in [6.07, 6.45) is 7.09. The zero-order valence-corrected chi connectivity index (χ0v) is 11.6. The summed E-state index contributed by atoms with van der Waals surface area (Å²) in [7, 11) is 0. The Hall–Kier alpha value is -0.570. The van der Waals surface area contributed by atoms with Crippen molar-refractivity contribution in [2.45, 2.75) is 77.3 Å². The highest BCUT2D eigenvalue weighted by Gasteiger charge is 2.30. The van der Waals surface area contributed by atoms with Gasteiger partial charge < -0.3 is 11.1 Å². The Morgan fingerprint density at radius 1 is 1.29 bits per heavy atom. The topological polar surface area (TPSA) is 55.1 Å². The lowest BCUT2D eigenvalue weighted by atomic mass is 9.80. The van der Waals surface area contributed by atoms with Crippen molar-refractivity contribution in [2.75, 3.05) is 0 Å². The summed E-state index contributed by atoms with van der Waals surface area (Å²) in [5.74, 6) is 0.624. The van der Waals surface area contributed by atoms with Crippen LogP contribution in [0.1, 0.15) is 65.7 Å². The lowest BCUT2D eigenvalue weighted by molar-refractivity contribution is -0.123. The molecule has 0 saturated heterocycles. The fourth-order valence-electron chi connectivity index (χ4n) is 2.75. The molecule has 1 aliphatic rings. The first-order valence-electron chi connectivity index (χ1n) is 7.05. The van der Waals surface area contributed by atoms with Crippen molar-refractivity contribution in [3.8, 4) is 0 Å². The number of carbonyl (C=O) groups excluding carboxylic acids is 1. The molecule has 3 nitrogen and oxygen atoms in total. The second kappa shape index (κ2) is 6.39. The molecule has 0 bridgehead atoms. The molecule has 17 heavy (non-hydrogen) atoms. The van der Waals surface area contributed by atoms with E-state index < -0.39 is 0 Å². The molecule has 1 aliphatic carbocycles. The van der Waals surface area contributed by atoms with E-state index in [4.69, 9.17) is 5.73 Å². The van der Waals surface area contributed by atoms with Gasteiger partial charge in [-0.25, -0.2) is 0 Å². The minimum absolute atomic E-state index is 0.134. The van der Waals surface area contributed by atoms with E-state index in [1.807, 2.05) is 0 Å². The molecule has 1 fully saturated rings. The molecule has 0 aromatic heterocycles. The second-order valence-electron chi connectivity index (χ2n) is 5.93. The van der Waals surface area contributed by atoms with E-state index >= 15 is 0 Å². The molecule has 0 radical (unpaired) electrons. The lowest BCUT2D eigenvalue weighted by Crippen LogP contribution is -2.48. The summed E-state index contributed by atoms with van der Waals surface area (Å²) in [5, 5.41) is 3.12. The van der Waals surface area contributed by atoms with Crippen molar-refractivity contribution >= 4 is 5.91 Å². The Balaban J connectivity index is 2.42. The van der Waals surface area contributed by atoms with Gasteiger partial charge in [-0.2, -0.15) is 0 Å². The number of hydrogen-bond acceptors (Lipinski definition) is 2. The van der Waals surface area contributed by atoms with Crippen LogP contribution in [0.2, 0.25) is 0 Å². The van der Waals surface area contributed by atoms with Crippen molar-refractivity contribution in [3.63, 3.8) is 0 Å². The molecule has 0 aromatic rings. The van der Waals surface area contributed by atoms with Crippen LogP contribution in [0.3, 0.4) is 0 Å². The second-order valence-corrected chi connectivity index (χ2v) is 5.93. The molecular weight excluding hydrogens is 212 g/mol. The van der Waals surface area contributed by atoms with E-state index in [2.05, 4.69) is 26.1 Å². The molecule has 1 unspecified atom stereocenters. The maximum Gasteiger partial charge on any atom is 0.222 e. The highest BCUT2D eigenvalue weighted by Crippen LogP contribution is 2.28. The predicted molar refractivity (Wildman–Crippen MR) is 71.7 cm³/mol. The molecule has 3 N–H and O–H groups in total. The van der Waals surface area contributed by atoms with Gasteiger partial charge in [0.05, 0.1) is 0 Å². The van der Waals surface area contributed by atoms with E-state index in [1.165, 1.54) is 19.3 Å². The third kappa shape index (κ3) is 4.66.